The van der Waals surface area contributed by atoms with Gasteiger partial charge in [0.05, 0.1) is 24.2 Å². The Morgan fingerprint density at radius 2 is 1.94 bits per heavy atom. The van der Waals surface area contributed by atoms with Crippen molar-refractivity contribution in [2.24, 2.45) is 0 Å². The zero-order chi connectivity index (χ0) is 24.8. The maximum absolute atomic E-state index is 12.9. The summed E-state index contributed by atoms with van der Waals surface area (Å²) in [6.45, 7) is 6.68. The highest BCUT2D eigenvalue weighted by Crippen LogP contribution is 2.36. The lowest BCUT2D eigenvalue weighted by Crippen LogP contribution is -2.17. The predicted molar refractivity (Wildman–Crippen MR) is 138 cm³/mol. The molecule has 0 bridgehead atoms. The largest absolute Gasteiger partial charge is 0.469 e. The maximum Gasteiger partial charge on any atom is 0.341 e. The third-order valence-corrected chi connectivity index (χ3v) is 7.07. The fourth-order valence-electron chi connectivity index (χ4n) is 3.62. The number of thioether (sulfide) groups is 1. The predicted octanol–water partition coefficient (Wildman–Crippen LogP) is 5.89. The van der Waals surface area contributed by atoms with Crippen molar-refractivity contribution in [1.82, 2.24) is 14.8 Å². The topological polar surface area (TPSA) is 99.2 Å². The fraction of sp³-hybridized carbons (Fsp3) is 0.280. The van der Waals surface area contributed by atoms with E-state index in [0.29, 0.717) is 15.7 Å². The number of benzene rings is 1. The van der Waals surface area contributed by atoms with Crippen molar-refractivity contribution in [3.63, 3.8) is 0 Å². The summed E-state index contributed by atoms with van der Waals surface area (Å²) >= 11 is 2.61. The number of hydrogen-bond donors (Lipinski definition) is 1. The molecule has 0 fully saturated rings. The first-order chi connectivity index (χ1) is 17.0. The molecule has 1 amide bonds. The fourth-order valence-corrected chi connectivity index (χ4v) is 5.35. The number of furan rings is 1. The van der Waals surface area contributed by atoms with Crippen LogP contribution in [0.2, 0.25) is 0 Å². The molecule has 0 aliphatic rings. The van der Waals surface area contributed by atoms with Crippen LogP contribution in [0.3, 0.4) is 0 Å². The van der Waals surface area contributed by atoms with E-state index in [9.17, 15) is 9.59 Å². The van der Waals surface area contributed by atoms with Gasteiger partial charge in [-0.15, -0.1) is 21.5 Å². The highest BCUT2D eigenvalue weighted by Gasteiger charge is 2.23. The van der Waals surface area contributed by atoms with Crippen molar-refractivity contribution in [3.8, 4) is 22.5 Å². The van der Waals surface area contributed by atoms with Gasteiger partial charge in [-0.2, -0.15) is 0 Å². The average molecular weight is 511 g/mol. The van der Waals surface area contributed by atoms with Gasteiger partial charge in [0.15, 0.2) is 11.0 Å². The number of aryl methyl sites for hydroxylation is 1. The van der Waals surface area contributed by atoms with Crippen LogP contribution in [-0.4, -0.2) is 39.0 Å². The number of thiophene rings is 1. The molecule has 0 unspecified atom stereocenters. The number of hydrogen-bond acceptors (Lipinski definition) is 8. The Hall–Kier alpha value is -3.37. The van der Waals surface area contributed by atoms with Gasteiger partial charge in [-0.25, -0.2) is 4.79 Å². The smallest absolute Gasteiger partial charge is 0.341 e. The van der Waals surface area contributed by atoms with Gasteiger partial charge in [-0.05, 0) is 31.9 Å². The summed E-state index contributed by atoms with van der Waals surface area (Å²) in [4.78, 5) is 25.6. The quantitative estimate of drug-likeness (QED) is 0.210. The standard InChI is InChI=1S/C25H26N4O4S2/c1-4-12-29-22(18-11-13-33-16(18)3)27-28-25(29)35-15-20(30)26-23-21(24(31)32-5-2)19(14-34-23)17-9-7-6-8-10-17/h6-11,13-14H,4-5,12,15H2,1-3H3,(H,26,30). The van der Waals surface area contributed by atoms with E-state index < -0.39 is 5.97 Å². The van der Waals surface area contributed by atoms with Gasteiger partial charge in [0.25, 0.3) is 0 Å². The van der Waals surface area contributed by atoms with Crippen LogP contribution in [0.4, 0.5) is 5.00 Å². The van der Waals surface area contributed by atoms with Crippen LogP contribution in [-0.2, 0) is 16.1 Å². The third-order valence-electron chi connectivity index (χ3n) is 5.20. The molecule has 3 heterocycles. The van der Waals surface area contributed by atoms with Crippen molar-refractivity contribution in [1.29, 1.82) is 0 Å². The Morgan fingerprint density at radius 1 is 1.14 bits per heavy atom. The number of nitrogens with zero attached hydrogens (tertiary/aromatic N) is 3. The van der Waals surface area contributed by atoms with Gasteiger partial charge in [0.2, 0.25) is 5.91 Å². The summed E-state index contributed by atoms with van der Waals surface area (Å²) in [5, 5.41) is 14.5. The second kappa shape index (κ2) is 11.4. The Balaban J connectivity index is 1.52. The summed E-state index contributed by atoms with van der Waals surface area (Å²) < 4.78 is 12.7. The molecule has 4 rings (SSSR count). The van der Waals surface area contributed by atoms with Gasteiger partial charge in [-0.1, -0.05) is 49.0 Å². The first-order valence-corrected chi connectivity index (χ1v) is 13.1. The molecule has 0 saturated heterocycles. The van der Waals surface area contributed by atoms with E-state index in [1.165, 1.54) is 23.1 Å². The number of esters is 1. The minimum absolute atomic E-state index is 0.118. The number of amides is 1. The van der Waals surface area contributed by atoms with Crippen LogP contribution in [0.15, 0.2) is 57.6 Å². The molecule has 0 aliphatic carbocycles. The summed E-state index contributed by atoms with van der Waals surface area (Å²) in [5.41, 5.74) is 2.87. The van der Waals surface area contributed by atoms with Gasteiger partial charge in [0.1, 0.15) is 16.3 Å². The maximum atomic E-state index is 12.9. The van der Waals surface area contributed by atoms with Gasteiger partial charge in [0, 0.05) is 17.5 Å². The molecule has 0 spiro atoms. The van der Waals surface area contributed by atoms with Gasteiger partial charge < -0.3 is 19.0 Å². The van der Waals surface area contributed by atoms with Gasteiger partial charge in [-0.3, -0.25) is 4.79 Å². The molecular formula is C25H26N4O4S2. The molecule has 0 atom stereocenters. The second-order valence-corrected chi connectivity index (χ2v) is 9.45. The summed E-state index contributed by atoms with van der Waals surface area (Å²) in [6, 6.07) is 11.4. The number of carbonyl (C=O) groups is 2. The number of anilines is 1. The molecule has 1 N–H and O–H groups in total. The van der Waals surface area contributed by atoms with Crippen molar-refractivity contribution >= 4 is 40.0 Å². The normalized spacial score (nSPS) is 10.9. The lowest BCUT2D eigenvalue weighted by Gasteiger charge is -2.10. The van der Waals surface area contributed by atoms with Crippen LogP contribution in [0, 0.1) is 6.92 Å². The lowest BCUT2D eigenvalue weighted by molar-refractivity contribution is -0.113. The summed E-state index contributed by atoms with van der Waals surface area (Å²) in [5.74, 6) is 0.902. The lowest BCUT2D eigenvalue weighted by atomic mass is 10.0. The Kier molecular flexibility index (Phi) is 8.04. The van der Waals surface area contributed by atoms with Crippen LogP contribution >= 0.6 is 23.1 Å². The van der Waals surface area contributed by atoms with E-state index in [2.05, 4.69) is 22.4 Å². The Bertz CT molecular complexity index is 1310. The van der Waals surface area contributed by atoms with Crippen molar-refractivity contribution in [2.45, 2.75) is 38.9 Å². The SMILES string of the molecule is CCCn1c(SCC(=O)Nc2scc(-c3ccccc3)c2C(=O)OCC)nnc1-c1ccoc1C. The Labute approximate surface area is 211 Å². The minimum Gasteiger partial charge on any atom is -0.469 e. The average Bonchev–Trinajstić information content (AvgIpc) is 3.57. The van der Waals surface area contributed by atoms with E-state index in [-0.39, 0.29) is 18.3 Å². The molecule has 35 heavy (non-hydrogen) atoms. The van der Waals surface area contributed by atoms with E-state index in [1.807, 2.05) is 53.3 Å². The molecule has 0 radical (unpaired) electrons. The zero-order valence-corrected chi connectivity index (χ0v) is 21.4. The van der Waals surface area contributed by atoms with Crippen molar-refractivity contribution in [3.05, 3.63) is 59.4 Å². The van der Waals surface area contributed by atoms with Crippen LogP contribution in [0.5, 0.6) is 0 Å². The van der Waals surface area contributed by atoms with Crippen LogP contribution in [0.25, 0.3) is 22.5 Å². The highest BCUT2D eigenvalue weighted by molar-refractivity contribution is 7.99. The summed E-state index contributed by atoms with van der Waals surface area (Å²) in [7, 11) is 0. The minimum atomic E-state index is -0.460. The van der Waals surface area contributed by atoms with E-state index in [0.717, 1.165) is 41.2 Å². The number of carbonyl (C=O) groups excluding carboxylic acids is 2. The molecule has 3 aromatic heterocycles. The molecule has 182 valence electrons. The summed E-state index contributed by atoms with van der Waals surface area (Å²) in [6.07, 6.45) is 2.52. The molecule has 0 saturated carbocycles. The highest BCUT2D eigenvalue weighted by atomic mass is 32.2. The second-order valence-electron chi connectivity index (χ2n) is 7.63. The van der Waals surface area contributed by atoms with E-state index in [4.69, 9.17) is 9.15 Å². The van der Waals surface area contributed by atoms with Crippen molar-refractivity contribution < 1.29 is 18.7 Å². The number of nitrogens with one attached hydrogen (secondary N) is 1. The zero-order valence-electron chi connectivity index (χ0n) is 19.7. The first-order valence-electron chi connectivity index (χ1n) is 11.3. The van der Waals surface area contributed by atoms with Crippen LogP contribution < -0.4 is 5.32 Å². The van der Waals surface area contributed by atoms with Gasteiger partial charge >= 0.3 is 5.97 Å². The van der Waals surface area contributed by atoms with Crippen molar-refractivity contribution in [2.75, 3.05) is 17.7 Å². The third kappa shape index (κ3) is 5.49. The van der Waals surface area contributed by atoms with E-state index in [1.54, 1.807) is 13.2 Å². The van der Waals surface area contributed by atoms with E-state index >= 15 is 0 Å². The van der Waals surface area contributed by atoms with Crippen LogP contribution in [0.1, 0.15) is 36.4 Å². The molecule has 8 nitrogen and oxygen atoms in total. The monoisotopic (exact) mass is 510 g/mol. The molecule has 10 heteroatoms. The number of ether oxygens (including phenoxy) is 1. The molecule has 0 aliphatic heterocycles. The Morgan fingerprint density at radius 3 is 2.63 bits per heavy atom. The molecule has 1 aromatic carbocycles. The molecule has 4 aromatic rings. The number of aromatic nitrogens is 3. The first kappa shape index (κ1) is 24.7. The number of rotatable bonds is 10. The molecular weight excluding hydrogens is 484 g/mol.